The molecule has 0 aromatic heterocycles. The molecular weight excluding hydrogens is 212 g/mol. The van der Waals surface area contributed by atoms with Crippen molar-refractivity contribution in [3.63, 3.8) is 0 Å². The average molecular weight is 220 g/mol. The Balaban J connectivity index is 3.01. The number of aliphatic hydroxyl groups excluding tert-OH is 3. The van der Waals surface area contributed by atoms with Gasteiger partial charge in [0.15, 0.2) is 18.5 Å². The molecule has 3 atom stereocenters. The Hall–Kier alpha value is -0.440. The molecule has 0 aromatic rings. The first-order valence-corrected chi connectivity index (χ1v) is 3.63. The van der Waals surface area contributed by atoms with Crippen molar-refractivity contribution < 1.29 is 37.6 Å². The minimum Gasteiger partial charge on any atom is -0.393 e. The lowest BCUT2D eigenvalue weighted by Gasteiger charge is -2.41. The van der Waals surface area contributed by atoms with Crippen LogP contribution >= 0.6 is 0 Å². The predicted octanol–water partition coefficient (Wildman–Crippen LogP) is -0.673. The van der Waals surface area contributed by atoms with Gasteiger partial charge in [-0.1, -0.05) is 0 Å². The van der Waals surface area contributed by atoms with Gasteiger partial charge in [-0.05, 0) is 0 Å². The van der Waals surface area contributed by atoms with Crippen LogP contribution in [0.2, 0.25) is 0 Å². The summed E-state index contributed by atoms with van der Waals surface area (Å²) in [6.07, 6.45) is -7.99. The second-order valence-corrected chi connectivity index (χ2v) is 2.89. The second kappa shape index (κ2) is 3.30. The summed E-state index contributed by atoms with van der Waals surface area (Å²) in [6, 6.07) is 0. The highest BCUT2D eigenvalue weighted by Crippen LogP contribution is 2.45. The van der Waals surface area contributed by atoms with Crippen molar-refractivity contribution in [3.05, 3.63) is 0 Å². The van der Waals surface area contributed by atoms with Crippen LogP contribution in [0.3, 0.4) is 0 Å². The van der Waals surface area contributed by atoms with Crippen molar-refractivity contribution >= 4 is 0 Å². The lowest BCUT2D eigenvalue weighted by molar-refractivity contribution is -0.387. The minimum absolute atomic E-state index is 1.38. The molecule has 3 N–H and O–H groups in total. The van der Waals surface area contributed by atoms with Gasteiger partial charge in [0.25, 0.3) is 0 Å². The third kappa shape index (κ3) is 1.38. The fraction of sp³-hybridized carbons (Fsp3) is 1.00. The predicted molar refractivity (Wildman–Crippen MR) is 33.9 cm³/mol. The number of hydrogen-bond acceptors (Lipinski definition) is 4. The number of halogens is 4. The maximum atomic E-state index is 12.8. The van der Waals surface area contributed by atoms with Crippen molar-refractivity contribution in [1.29, 1.82) is 0 Å². The Bertz CT molecular complexity index is 216. The van der Waals surface area contributed by atoms with Crippen molar-refractivity contribution in [2.45, 2.75) is 30.3 Å². The molecule has 14 heavy (non-hydrogen) atoms. The zero-order chi connectivity index (χ0) is 11.1. The molecule has 0 saturated carbocycles. The Morgan fingerprint density at radius 1 is 1.07 bits per heavy atom. The first kappa shape index (κ1) is 11.6. The second-order valence-electron chi connectivity index (χ2n) is 2.89. The van der Waals surface area contributed by atoms with Crippen LogP contribution in [0, 0.1) is 0 Å². The van der Waals surface area contributed by atoms with E-state index in [0.717, 1.165) is 0 Å². The molecule has 4 nitrogen and oxygen atoms in total. The van der Waals surface area contributed by atoms with Gasteiger partial charge >= 0.3 is 11.8 Å². The molecule has 0 amide bonds. The van der Waals surface area contributed by atoms with Gasteiger partial charge in [-0.15, -0.1) is 0 Å². The lowest BCUT2D eigenvalue weighted by Crippen LogP contribution is -2.66. The van der Waals surface area contributed by atoms with E-state index in [-0.39, 0.29) is 0 Å². The first-order valence-electron chi connectivity index (χ1n) is 3.63. The molecule has 84 valence electrons. The Morgan fingerprint density at radius 3 is 2.00 bits per heavy atom. The smallest absolute Gasteiger partial charge is 0.343 e. The molecule has 0 aliphatic carbocycles. The summed E-state index contributed by atoms with van der Waals surface area (Å²) in [5.74, 6) is -9.56. The fourth-order valence-electron chi connectivity index (χ4n) is 1.08. The topological polar surface area (TPSA) is 69.9 Å². The SMILES string of the molecule is OC[C@H]1O[C@@H](O)[C@H](O)C(F)(F)C1(F)F. The number of hydrogen-bond donors (Lipinski definition) is 3. The van der Waals surface area contributed by atoms with Crippen molar-refractivity contribution in [2.24, 2.45) is 0 Å². The summed E-state index contributed by atoms with van der Waals surface area (Å²) < 4.78 is 54.9. The van der Waals surface area contributed by atoms with Gasteiger partial charge in [0, 0.05) is 0 Å². The normalized spacial score (nSPS) is 40.9. The number of rotatable bonds is 1. The van der Waals surface area contributed by atoms with Crippen molar-refractivity contribution in [3.8, 4) is 0 Å². The zero-order valence-electron chi connectivity index (χ0n) is 6.70. The molecule has 1 heterocycles. The van der Waals surface area contributed by atoms with E-state index in [1.165, 1.54) is 0 Å². The third-order valence-corrected chi connectivity index (χ3v) is 1.96. The van der Waals surface area contributed by atoms with Gasteiger partial charge < -0.3 is 20.1 Å². The van der Waals surface area contributed by atoms with Gasteiger partial charge in [0.05, 0.1) is 6.61 Å². The summed E-state index contributed by atoms with van der Waals surface area (Å²) in [4.78, 5) is 0. The first-order chi connectivity index (χ1) is 6.25. The van der Waals surface area contributed by atoms with Crippen LogP contribution < -0.4 is 0 Å². The van der Waals surface area contributed by atoms with E-state index in [4.69, 9.17) is 15.3 Å². The molecule has 1 aliphatic rings. The summed E-state index contributed by atoms with van der Waals surface area (Å²) in [6.45, 7) is -1.38. The van der Waals surface area contributed by atoms with Crippen LogP contribution in [0.25, 0.3) is 0 Å². The molecule has 1 rings (SSSR count). The van der Waals surface area contributed by atoms with Crippen LogP contribution in [0.1, 0.15) is 0 Å². The molecule has 1 saturated heterocycles. The molecule has 1 fully saturated rings. The Labute approximate surface area is 75.7 Å². The zero-order valence-corrected chi connectivity index (χ0v) is 6.70. The molecule has 8 heteroatoms. The summed E-state index contributed by atoms with van der Waals surface area (Å²) in [7, 11) is 0. The average Bonchev–Trinajstić information content (AvgIpc) is 2.09. The number of ether oxygens (including phenoxy) is 1. The molecule has 0 radical (unpaired) electrons. The standard InChI is InChI=1S/C6H8F4O4/c7-5(8)2(1-11)14-4(13)3(12)6(5,9)10/h2-4,11-13H,1H2/t2-,3+,4-/m1/s1. The van der Waals surface area contributed by atoms with E-state index < -0.39 is 36.9 Å². The number of aliphatic hydroxyl groups is 3. The van der Waals surface area contributed by atoms with E-state index in [1.54, 1.807) is 0 Å². The van der Waals surface area contributed by atoms with Gasteiger partial charge in [-0.3, -0.25) is 0 Å². The highest BCUT2D eigenvalue weighted by molar-refractivity contribution is 5.00. The van der Waals surface area contributed by atoms with Crippen LogP contribution in [-0.2, 0) is 4.74 Å². The lowest BCUT2D eigenvalue weighted by atomic mass is 9.97. The Kier molecular flexibility index (Phi) is 2.74. The molecular formula is C6H8F4O4. The summed E-state index contributed by atoms with van der Waals surface area (Å²) >= 11 is 0. The maximum absolute atomic E-state index is 12.8. The monoisotopic (exact) mass is 220 g/mol. The third-order valence-electron chi connectivity index (χ3n) is 1.96. The molecule has 0 unspecified atom stereocenters. The van der Waals surface area contributed by atoms with Gasteiger partial charge in [-0.25, -0.2) is 0 Å². The number of alkyl halides is 4. The maximum Gasteiger partial charge on any atom is 0.343 e. The molecule has 1 aliphatic heterocycles. The summed E-state index contributed by atoms with van der Waals surface area (Å²) in [5.41, 5.74) is 0. The summed E-state index contributed by atoms with van der Waals surface area (Å²) in [5, 5.41) is 25.5. The quantitative estimate of drug-likeness (QED) is 0.512. The minimum atomic E-state index is -4.84. The van der Waals surface area contributed by atoms with Crippen LogP contribution in [-0.4, -0.2) is 52.3 Å². The van der Waals surface area contributed by atoms with E-state index in [0.29, 0.717) is 0 Å². The van der Waals surface area contributed by atoms with E-state index in [2.05, 4.69) is 4.74 Å². The van der Waals surface area contributed by atoms with Gasteiger partial charge in [-0.2, -0.15) is 17.6 Å². The van der Waals surface area contributed by atoms with E-state index >= 15 is 0 Å². The van der Waals surface area contributed by atoms with E-state index in [1.807, 2.05) is 0 Å². The highest BCUT2D eigenvalue weighted by Gasteiger charge is 2.70. The molecule has 0 bridgehead atoms. The molecule has 0 spiro atoms. The fourth-order valence-corrected chi connectivity index (χ4v) is 1.08. The van der Waals surface area contributed by atoms with Crippen LogP contribution in [0.5, 0.6) is 0 Å². The van der Waals surface area contributed by atoms with Gasteiger partial charge in [0.1, 0.15) is 0 Å². The van der Waals surface area contributed by atoms with Gasteiger partial charge in [0.2, 0.25) is 0 Å². The van der Waals surface area contributed by atoms with E-state index in [9.17, 15) is 17.6 Å². The largest absolute Gasteiger partial charge is 0.393 e. The van der Waals surface area contributed by atoms with Crippen molar-refractivity contribution in [1.82, 2.24) is 0 Å². The van der Waals surface area contributed by atoms with Crippen molar-refractivity contribution in [2.75, 3.05) is 6.61 Å². The highest BCUT2D eigenvalue weighted by atomic mass is 19.3. The molecule has 0 aromatic carbocycles. The van der Waals surface area contributed by atoms with Crippen LogP contribution in [0.4, 0.5) is 17.6 Å². The van der Waals surface area contributed by atoms with Crippen LogP contribution in [0.15, 0.2) is 0 Å². The Morgan fingerprint density at radius 2 is 1.57 bits per heavy atom.